The van der Waals surface area contributed by atoms with Gasteiger partial charge < -0.3 is 19.6 Å². The van der Waals surface area contributed by atoms with E-state index in [9.17, 15) is 9.59 Å². The standard InChI is InChI=1S/C31H32Cl2N4O3/c1-36-27-17-25(32)26(33)18-28(27)37(19-20-7-9-23(10-8-20)30(40)34-16-15-29(38)39)31(36)35-24-13-11-22(12-14-24)21-5-3-2-4-6-21/h7-14,17-18,21H,2-6,15-16,19H2,1H3,(H,34,40)(H,38,39). The van der Waals surface area contributed by atoms with Crippen LogP contribution in [0.4, 0.5) is 5.69 Å². The number of hydrogen-bond acceptors (Lipinski definition) is 3. The molecule has 0 aliphatic heterocycles. The number of benzene rings is 3. The summed E-state index contributed by atoms with van der Waals surface area (Å²) in [6.45, 7) is 0.576. The van der Waals surface area contributed by atoms with Crippen molar-refractivity contribution in [3.05, 3.63) is 93.0 Å². The number of carbonyl (C=O) groups is 2. The number of rotatable bonds is 8. The number of fused-ring (bicyclic) bond motifs is 1. The molecule has 7 nitrogen and oxygen atoms in total. The summed E-state index contributed by atoms with van der Waals surface area (Å²) in [5, 5.41) is 12.4. The van der Waals surface area contributed by atoms with Crippen molar-refractivity contribution >= 4 is 51.8 Å². The molecule has 1 saturated carbocycles. The van der Waals surface area contributed by atoms with Crippen LogP contribution in [0.1, 0.15) is 65.9 Å². The predicted molar refractivity (Wildman–Crippen MR) is 159 cm³/mol. The van der Waals surface area contributed by atoms with E-state index >= 15 is 0 Å². The first-order valence-corrected chi connectivity index (χ1v) is 14.3. The molecule has 0 saturated heterocycles. The molecule has 9 heteroatoms. The molecule has 4 aromatic rings. The zero-order chi connectivity index (χ0) is 28.2. The minimum absolute atomic E-state index is 0.0809. The highest BCUT2D eigenvalue weighted by atomic mass is 35.5. The Bertz CT molecular complexity index is 1600. The number of nitrogens with one attached hydrogen (secondary N) is 1. The van der Waals surface area contributed by atoms with Crippen LogP contribution in [0.15, 0.2) is 65.7 Å². The van der Waals surface area contributed by atoms with Crippen LogP contribution in [0.5, 0.6) is 0 Å². The van der Waals surface area contributed by atoms with Gasteiger partial charge in [-0.25, -0.2) is 4.99 Å². The van der Waals surface area contributed by atoms with Gasteiger partial charge in [-0.15, -0.1) is 0 Å². The Morgan fingerprint density at radius 2 is 1.60 bits per heavy atom. The average molecular weight is 580 g/mol. The van der Waals surface area contributed by atoms with E-state index in [1.807, 2.05) is 35.9 Å². The van der Waals surface area contributed by atoms with Gasteiger partial charge in [-0.05, 0) is 66.3 Å². The van der Waals surface area contributed by atoms with Crippen LogP contribution >= 0.6 is 23.2 Å². The zero-order valence-electron chi connectivity index (χ0n) is 22.4. The van der Waals surface area contributed by atoms with Gasteiger partial charge in [0.05, 0.1) is 39.7 Å². The molecule has 40 heavy (non-hydrogen) atoms. The maximum absolute atomic E-state index is 12.4. The fraction of sp³-hybridized carbons (Fsp3) is 0.323. The van der Waals surface area contributed by atoms with E-state index in [0.717, 1.165) is 27.9 Å². The number of imidazole rings is 1. The Labute approximate surface area is 243 Å². The lowest BCUT2D eigenvalue weighted by Crippen LogP contribution is -2.26. The van der Waals surface area contributed by atoms with E-state index in [-0.39, 0.29) is 18.9 Å². The molecule has 1 aliphatic rings. The molecule has 1 amide bonds. The molecule has 0 atom stereocenters. The van der Waals surface area contributed by atoms with Crippen LogP contribution in [-0.4, -0.2) is 32.7 Å². The van der Waals surface area contributed by atoms with Crippen molar-refractivity contribution in [3.63, 3.8) is 0 Å². The lowest BCUT2D eigenvalue weighted by atomic mass is 9.84. The molecule has 0 bridgehead atoms. The summed E-state index contributed by atoms with van der Waals surface area (Å²) in [6.07, 6.45) is 6.32. The molecule has 208 valence electrons. The van der Waals surface area contributed by atoms with Crippen LogP contribution in [0, 0.1) is 0 Å². The highest BCUT2D eigenvalue weighted by Crippen LogP contribution is 2.33. The third kappa shape index (κ3) is 6.26. The molecule has 5 rings (SSSR count). The Morgan fingerprint density at radius 3 is 2.25 bits per heavy atom. The van der Waals surface area contributed by atoms with Crippen LogP contribution in [0.2, 0.25) is 10.0 Å². The van der Waals surface area contributed by atoms with Crippen molar-refractivity contribution in [2.24, 2.45) is 12.0 Å². The number of hydrogen-bond donors (Lipinski definition) is 2. The number of amides is 1. The number of carbonyl (C=O) groups excluding carboxylic acids is 1. The van der Waals surface area contributed by atoms with Crippen LogP contribution in [0.3, 0.4) is 0 Å². The van der Waals surface area contributed by atoms with E-state index in [2.05, 4.69) is 34.1 Å². The number of nitrogens with zero attached hydrogens (tertiary/aromatic N) is 3. The van der Waals surface area contributed by atoms with E-state index in [1.165, 1.54) is 37.7 Å². The van der Waals surface area contributed by atoms with Crippen molar-refractivity contribution in [1.82, 2.24) is 14.5 Å². The molecule has 1 aliphatic carbocycles. The molecule has 3 aromatic carbocycles. The van der Waals surface area contributed by atoms with Gasteiger partial charge in [0.1, 0.15) is 0 Å². The van der Waals surface area contributed by atoms with Crippen LogP contribution in [0.25, 0.3) is 11.0 Å². The second kappa shape index (κ2) is 12.3. The summed E-state index contributed by atoms with van der Waals surface area (Å²) in [7, 11) is 1.96. The lowest BCUT2D eigenvalue weighted by Gasteiger charge is -2.21. The fourth-order valence-corrected chi connectivity index (χ4v) is 5.72. The zero-order valence-corrected chi connectivity index (χ0v) is 23.9. The summed E-state index contributed by atoms with van der Waals surface area (Å²) < 4.78 is 4.10. The van der Waals surface area contributed by atoms with Gasteiger partial charge in [0.2, 0.25) is 5.62 Å². The number of halogens is 2. The van der Waals surface area contributed by atoms with Gasteiger partial charge in [0.25, 0.3) is 5.91 Å². The summed E-state index contributed by atoms with van der Waals surface area (Å²) in [6, 6.07) is 19.5. The van der Waals surface area contributed by atoms with Crippen molar-refractivity contribution in [3.8, 4) is 0 Å². The van der Waals surface area contributed by atoms with Crippen molar-refractivity contribution in [2.45, 2.75) is 51.0 Å². The third-order valence-electron chi connectivity index (χ3n) is 7.59. The molecule has 0 spiro atoms. The highest BCUT2D eigenvalue weighted by Gasteiger charge is 2.16. The molecule has 0 unspecified atom stereocenters. The number of aliphatic carboxylic acids is 1. The average Bonchev–Trinajstić information content (AvgIpc) is 3.19. The highest BCUT2D eigenvalue weighted by molar-refractivity contribution is 6.42. The number of carboxylic acid groups (broad SMARTS) is 1. The third-order valence-corrected chi connectivity index (χ3v) is 8.31. The second-order valence-corrected chi connectivity index (χ2v) is 11.1. The summed E-state index contributed by atoms with van der Waals surface area (Å²) in [4.78, 5) is 28.1. The van der Waals surface area contributed by atoms with E-state index in [1.54, 1.807) is 12.1 Å². The van der Waals surface area contributed by atoms with Crippen LogP contribution in [-0.2, 0) is 18.4 Å². The van der Waals surface area contributed by atoms with E-state index < -0.39 is 5.97 Å². The SMILES string of the molecule is Cn1c(=Nc2ccc(C3CCCCC3)cc2)n(Cc2ccc(C(=O)NCCC(=O)O)cc2)c2cc(Cl)c(Cl)cc21. The van der Waals surface area contributed by atoms with Gasteiger partial charge in [-0.1, -0.05) is 66.7 Å². The minimum Gasteiger partial charge on any atom is -0.481 e. The second-order valence-electron chi connectivity index (χ2n) is 10.3. The largest absolute Gasteiger partial charge is 0.481 e. The molecular formula is C31H32Cl2N4O3. The summed E-state index contributed by atoms with van der Waals surface area (Å²) in [5.74, 6) is -0.623. The van der Waals surface area contributed by atoms with Gasteiger partial charge >= 0.3 is 5.97 Å². The number of carboxylic acids is 1. The Morgan fingerprint density at radius 1 is 0.950 bits per heavy atom. The molecule has 2 N–H and O–H groups in total. The van der Waals surface area contributed by atoms with Crippen molar-refractivity contribution < 1.29 is 14.7 Å². The smallest absolute Gasteiger partial charge is 0.305 e. The first-order chi connectivity index (χ1) is 19.3. The lowest BCUT2D eigenvalue weighted by molar-refractivity contribution is -0.136. The maximum Gasteiger partial charge on any atom is 0.305 e. The van der Waals surface area contributed by atoms with Crippen molar-refractivity contribution in [1.29, 1.82) is 0 Å². The quantitative estimate of drug-likeness (QED) is 0.240. The molecule has 1 fully saturated rings. The van der Waals surface area contributed by atoms with Crippen LogP contribution < -0.4 is 10.9 Å². The normalized spacial score (nSPS) is 14.5. The summed E-state index contributed by atoms with van der Waals surface area (Å²) in [5.41, 5.74) is 6.23. The first-order valence-electron chi connectivity index (χ1n) is 13.6. The van der Waals surface area contributed by atoms with Gasteiger partial charge in [0, 0.05) is 19.2 Å². The fourth-order valence-electron chi connectivity index (χ4n) is 5.40. The topological polar surface area (TPSA) is 88.6 Å². The monoisotopic (exact) mass is 578 g/mol. The Hall–Kier alpha value is -3.55. The Kier molecular flexibility index (Phi) is 8.62. The van der Waals surface area contributed by atoms with Crippen molar-refractivity contribution in [2.75, 3.05) is 6.54 Å². The Balaban J connectivity index is 1.47. The first kappa shape index (κ1) is 28.0. The number of aryl methyl sites for hydroxylation is 1. The van der Waals surface area contributed by atoms with Gasteiger partial charge in [-0.2, -0.15) is 0 Å². The van der Waals surface area contributed by atoms with E-state index in [4.69, 9.17) is 33.3 Å². The summed E-state index contributed by atoms with van der Waals surface area (Å²) >= 11 is 12.8. The maximum atomic E-state index is 12.4. The molecular weight excluding hydrogens is 547 g/mol. The minimum atomic E-state index is -0.953. The predicted octanol–water partition coefficient (Wildman–Crippen LogP) is 6.82. The number of aromatic nitrogens is 2. The van der Waals surface area contributed by atoms with Gasteiger partial charge in [0.15, 0.2) is 0 Å². The molecule has 1 aromatic heterocycles. The molecule has 1 heterocycles. The van der Waals surface area contributed by atoms with Gasteiger partial charge in [-0.3, -0.25) is 9.59 Å². The van der Waals surface area contributed by atoms with E-state index in [0.29, 0.717) is 28.1 Å². The molecule has 0 radical (unpaired) electrons.